The summed E-state index contributed by atoms with van der Waals surface area (Å²) in [5, 5.41) is 0. The second kappa shape index (κ2) is 6.12. The molecule has 0 aromatic carbocycles. The van der Waals surface area contributed by atoms with E-state index in [2.05, 4.69) is 35.6 Å². The zero-order valence-corrected chi connectivity index (χ0v) is 13.8. The number of nitrogens with zero attached hydrogens (tertiary/aromatic N) is 1. The molecule has 18 heavy (non-hydrogen) atoms. The SMILES string of the molecule is CC(=O)c1c(F)c(Br)cn1COCC[Si](C)(C)C. The molecule has 0 aliphatic rings. The van der Waals surface area contributed by atoms with Gasteiger partial charge in [0.15, 0.2) is 11.6 Å². The maximum absolute atomic E-state index is 13.6. The van der Waals surface area contributed by atoms with Gasteiger partial charge in [0.25, 0.3) is 0 Å². The predicted molar refractivity (Wildman–Crippen MR) is 76.2 cm³/mol. The topological polar surface area (TPSA) is 31.2 Å². The molecule has 0 N–H and O–H groups in total. The lowest BCUT2D eigenvalue weighted by Crippen LogP contribution is -2.22. The molecule has 3 nitrogen and oxygen atoms in total. The molecule has 1 aromatic rings. The summed E-state index contributed by atoms with van der Waals surface area (Å²) in [6.07, 6.45) is 1.54. The van der Waals surface area contributed by atoms with Crippen LogP contribution in [-0.2, 0) is 11.5 Å². The van der Waals surface area contributed by atoms with Crippen molar-refractivity contribution in [2.45, 2.75) is 39.3 Å². The summed E-state index contributed by atoms with van der Waals surface area (Å²) >= 11 is 3.08. The van der Waals surface area contributed by atoms with Crippen molar-refractivity contribution in [3.8, 4) is 0 Å². The minimum atomic E-state index is -1.12. The Morgan fingerprint density at radius 3 is 2.61 bits per heavy atom. The Labute approximate surface area is 116 Å². The minimum Gasteiger partial charge on any atom is -0.361 e. The quantitative estimate of drug-likeness (QED) is 0.448. The van der Waals surface area contributed by atoms with Crippen LogP contribution in [0, 0.1) is 5.82 Å². The Kier molecular flexibility index (Phi) is 5.30. The summed E-state index contributed by atoms with van der Waals surface area (Å²) in [5.41, 5.74) is 0.0647. The second-order valence-corrected chi connectivity index (χ2v) is 12.0. The number of Topliss-reactive ketones (excluding diaryl/α,β-unsaturated/α-hetero) is 1. The summed E-state index contributed by atoms with van der Waals surface area (Å²) in [5.74, 6) is -0.816. The highest BCUT2D eigenvalue weighted by Gasteiger charge is 2.18. The summed E-state index contributed by atoms with van der Waals surface area (Å²) in [6.45, 7) is 9.01. The molecule has 6 heteroatoms. The fourth-order valence-electron chi connectivity index (χ4n) is 1.50. The van der Waals surface area contributed by atoms with E-state index in [0.717, 1.165) is 6.04 Å². The van der Waals surface area contributed by atoms with Gasteiger partial charge in [-0.3, -0.25) is 4.79 Å². The van der Waals surface area contributed by atoms with Gasteiger partial charge < -0.3 is 9.30 Å². The van der Waals surface area contributed by atoms with Gasteiger partial charge >= 0.3 is 0 Å². The first-order chi connectivity index (χ1) is 8.22. The fraction of sp³-hybridized carbons (Fsp3) is 0.583. The van der Waals surface area contributed by atoms with Crippen LogP contribution in [-0.4, -0.2) is 25.0 Å². The van der Waals surface area contributed by atoms with E-state index in [4.69, 9.17) is 4.74 Å². The van der Waals surface area contributed by atoms with Gasteiger partial charge in [0.05, 0.1) is 4.47 Å². The first kappa shape index (κ1) is 15.6. The third kappa shape index (κ3) is 4.33. The van der Waals surface area contributed by atoms with Crippen molar-refractivity contribution in [2.75, 3.05) is 6.61 Å². The number of aromatic nitrogens is 1. The molecule has 0 aliphatic carbocycles. The van der Waals surface area contributed by atoms with Crippen molar-refractivity contribution in [3.05, 3.63) is 22.2 Å². The number of halogens is 2. The lowest BCUT2D eigenvalue weighted by atomic mass is 10.3. The van der Waals surface area contributed by atoms with Gasteiger partial charge in [0, 0.05) is 27.8 Å². The molecular weight excluding hydrogens is 317 g/mol. The van der Waals surface area contributed by atoms with E-state index in [9.17, 15) is 9.18 Å². The van der Waals surface area contributed by atoms with Crippen LogP contribution in [0.2, 0.25) is 25.7 Å². The van der Waals surface area contributed by atoms with Gasteiger partial charge in [0.1, 0.15) is 12.4 Å². The molecule has 0 unspecified atom stereocenters. The summed E-state index contributed by atoms with van der Waals surface area (Å²) in [4.78, 5) is 11.4. The molecule has 1 heterocycles. The molecule has 1 aromatic heterocycles. The average Bonchev–Trinajstić information content (AvgIpc) is 2.48. The lowest BCUT2D eigenvalue weighted by Gasteiger charge is -2.16. The van der Waals surface area contributed by atoms with Crippen molar-refractivity contribution < 1.29 is 13.9 Å². The van der Waals surface area contributed by atoms with Crippen molar-refractivity contribution in [1.82, 2.24) is 4.57 Å². The van der Waals surface area contributed by atoms with E-state index < -0.39 is 13.9 Å². The number of ketones is 1. The molecule has 0 saturated carbocycles. The maximum Gasteiger partial charge on any atom is 0.179 e. The summed E-state index contributed by atoms with van der Waals surface area (Å²) in [7, 11) is -1.12. The average molecular weight is 336 g/mol. The molecule has 0 atom stereocenters. The highest BCUT2D eigenvalue weighted by atomic mass is 79.9. The monoisotopic (exact) mass is 335 g/mol. The Morgan fingerprint density at radius 2 is 2.11 bits per heavy atom. The Hall–Kier alpha value is -0.463. The Balaban J connectivity index is 2.63. The van der Waals surface area contributed by atoms with Crippen LogP contribution in [0.25, 0.3) is 0 Å². The molecule has 102 valence electrons. The Bertz CT molecular complexity index is 440. The molecule has 1 rings (SSSR count). The smallest absolute Gasteiger partial charge is 0.179 e. The van der Waals surface area contributed by atoms with Gasteiger partial charge in [-0.1, -0.05) is 19.6 Å². The van der Waals surface area contributed by atoms with Gasteiger partial charge in [-0.25, -0.2) is 4.39 Å². The fourth-order valence-corrected chi connectivity index (χ4v) is 2.69. The van der Waals surface area contributed by atoms with Gasteiger partial charge in [-0.05, 0) is 22.0 Å². The number of carbonyl (C=O) groups excluding carboxylic acids is 1. The van der Waals surface area contributed by atoms with Crippen LogP contribution in [0.15, 0.2) is 10.7 Å². The normalized spacial score (nSPS) is 11.9. The zero-order chi connectivity index (χ0) is 13.9. The van der Waals surface area contributed by atoms with Crippen LogP contribution in [0.3, 0.4) is 0 Å². The van der Waals surface area contributed by atoms with E-state index in [1.807, 2.05) is 0 Å². The summed E-state index contributed by atoms with van der Waals surface area (Å²) in [6, 6.07) is 1.05. The third-order valence-electron chi connectivity index (χ3n) is 2.53. The van der Waals surface area contributed by atoms with Crippen LogP contribution < -0.4 is 0 Å². The number of ether oxygens (including phenoxy) is 1. The van der Waals surface area contributed by atoms with E-state index in [-0.39, 0.29) is 18.2 Å². The van der Waals surface area contributed by atoms with E-state index in [1.165, 1.54) is 11.5 Å². The van der Waals surface area contributed by atoms with Gasteiger partial charge in [-0.2, -0.15) is 0 Å². The van der Waals surface area contributed by atoms with Crippen LogP contribution in [0.4, 0.5) is 4.39 Å². The van der Waals surface area contributed by atoms with Crippen molar-refractivity contribution in [2.24, 2.45) is 0 Å². The number of hydrogen-bond acceptors (Lipinski definition) is 2. The zero-order valence-electron chi connectivity index (χ0n) is 11.2. The predicted octanol–water partition coefficient (Wildman–Crippen LogP) is 3.90. The molecule has 0 fully saturated rings. The molecule has 0 radical (unpaired) electrons. The van der Waals surface area contributed by atoms with Gasteiger partial charge in [-0.15, -0.1) is 0 Å². The standard InChI is InChI=1S/C12H19BrFNO2Si/c1-9(16)12-11(14)10(13)7-15(12)8-17-5-6-18(2,3)4/h7H,5-6,8H2,1-4H3. The first-order valence-corrected chi connectivity index (χ1v) is 10.3. The first-order valence-electron chi connectivity index (χ1n) is 5.85. The molecule has 0 spiro atoms. The van der Waals surface area contributed by atoms with Crippen molar-refractivity contribution >= 4 is 29.8 Å². The van der Waals surface area contributed by atoms with Crippen molar-refractivity contribution in [1.29, 1.82) is 0 Å². The molecular formula is C12H19BrFNO2Si. The van der Waals surface area contributed by atoms with Crippen LogP contribution in [0.1, 0.15) is 17.4 Å². The van der Waals surface area contributed by atoms with Crippen LogP contribution >= 0.6 is 15.9 Å². The van der Waals surface area contributed by atoms with E-state index in [1.54, 1.807) is 6.20 Å². The van der Waals surface area contributed by atoms with E-state index >= 15 is 0 Å². The highest BCUT2D eigenvalue weighted by molar-refractivity contribution is 9.10. The number of carbonyl (C=O) groups is 1. The third-order valence-corrected chi connectivity index (χ3v) is 4.79. The largest absolute Gasteiger partial charge is 0.361 e. The summed E-state index contributed by atoms with van der Waals surface area (Å²) < 4.78 is 20.9. The number of hydrogen-bond donors (Lipinski definition) is 0. The Morgan fingerprint density at radius 1 is 1.50 bits per heavy atom. The van der Waals surface area contributed by atoms with E-state index in [0.29, 0.717) is 11.1 Å². The molecule has 0 amide bonds. The van der Waals surface area contributed by atoms with Crippen molar-refractivity contribution in [3.63, 3.8) is 0 Å². The number of rotatable bonds is 6. The highest BCUT2D eigenvalue weighted by Crippen LogP contribution is 2.22. The molecule has 0 bridgehead atoms. The molecule has 0 saturated heterocycles. The maximum atomic E-state index is 13.6. The molecule has 0 aliphatic heterocycles. The minimum absolute atomic E-state index is 0.0647. The lowest BCUT2D eigenvalue weighted by molar-refractivity contribution is 0.0806. The van der Waals surface area contributed by atoms with Gasteiger partial charge in [0.2, 0.25) is 0 Å². The van der Waals surface area contributed by atoms with Crippen LogP contribution in [0.5, 0.6) is 0 Å². The second-order valence-electron chi connectivity index (χ2n) is 5.51.